The third-order valence-corrected chi connectivity index (χ3v) is 5.61. The van der Waals surface area contributed by atoms with Gasteiger partial charge in [-0.25, -0.2) is 4.98 Å². The fourth-order valence-corrected chi connectivity index (χ4v) is 4.09. The summed E-state index contributed by atoms with van der Waals surface area (Å²) in [6.07, 6.45) is 1.45. The van der Waals surface area contributed by atoms with E-state index >= 15 is 0 Å². The number of carbonyl (C=O) groups excluding carboxylic acids is 2. The zero-order valence-corrected chi connectivity index (χ0v) is 18.0. The van der Waals surface area contributed by atoms with Crippen LogP contribution in [0.3, 0.4) is 0 Å². The summed E-state index contributed by atoms with van der Waals surface area (Å²) < 4.78 is 11.1. The molecule has 0 radical (unpaired) electrons. The van der Waals surface area contributed by atoms with Crippen molar-refractivity contribution in [3.63, 3.8) is 0 Å². The number of aromatic nitrogens is 2. The van der Waals surface area contributed by atoms with Gasteiger partial charge in [0.25, 0.3) is 5.78 Å². The third kappa shape index (κ3) is 3.36. The molecule has 33 heavy (non-hydrogen) atoms. The average Bonchev–Trinajstić information content (AvgIpc) is 3.53. The first kappa shape index (κ1) is 20.6. The zero-order valence-electron chi connectivity index (χ0n) is 18.0. The lowest BCUT2D eigenvalue weighted by molar-refractivity contribution is -0.132. The van der Waals surface area contributed by atoms with Crippen molar-refractivity contribution in [2.24, 2.45) is 0 Å². The number of nitrogens with zero attached hydrogens (tertiary/aromatic N) is 2. The number of para-hydroxylation sites is 2. The van der Waals surface area contributed by atoms with Crippen molar-refractivity contribution in [2.45, 2.75) is 19.9 Å². The lowest BCUT2D eigenvalue weighted by Gasteiger charge is -2.20. The van der Waals surface area contributed by atoms with Crippen LogP contribution in [0.5, 0.6) is 5.75 Å². The Morgan fingerprint density at radius 3 is 2.70 bits per heavy atom. The van der Waals surface area contributed by atoms with Crippen LogP contribution >= 0.6 is 0 Å². The number of H-pyrrole nitrogens is 1. The van der Waals surface area contributed by atoms with Gasteiger partial charge in [0.15, 0.2) is 0 Å². The molecule has 0 saturated carbocycles. The highest BCUT2D eigenvalue weighted by Crippen LogP contribution is 2.42. The summed E-state index contributed by atoms with van der Waals surface area (Å²) in [5.74, 6) is -0.708. The lowest BCUT2D eigenvalue weighted by Crippen LogP contribution is -2.30. The number of anilines is 1. The molecular weight excluding hydrogens is 422 g/mol. The molecule has 2 aromatic carbocycles. The summed E-state index contributed by atoms with van der Waals surface area (Å²) in [5.41, 5.74) is 2.49. The van der Waals surface area contributed by atoms with Crippen molar-refractivity contribution in [1.82, 2.24) is 9.97 Å². The molecule has 1 amide bonds. The number of benzene rings is 2. The van der Waals surface area contributed by atoms with Crippen molar-refractivity contribution >= 4 is 34.4 Å². The predicted octanol–water partition coefficient (Wildman–Crippen LogP) is 4.49. The Labute approximate surface area is 189 Å². The largest absolute Gasteiger partial charge is 0.507 e. The molecule has 5 rings (SSSR count). The number of hydrogen-bond donors (Lipinski definition) is 2. The average molecular weight is 443 g/mol. The number of imidazole rings is 1. The summed E-state index contributed by atoms with van der Waals surface area (Å²) >= 11 is 0. The van der Waals surface area contributed by atoms with E-state index in [0.717, 1.165) is 11.1 Å². The second-order valence-corrected chi connectivity index (χ2v) is 7.68. The Bertz CT molecular complexity index is 1370. The number of furan rings is 1. The molecule has 1 unspecified atom stereocenters. The minimum absolute atomic E-state index is 0.0704. The number of carbonyl (C=O) groups is 2. The molecule has 2 aromatic heterocycles. The summed E-state index contributed by atoms with van der Waals surface area (Å²) in [7, 11) is 0. The van der Waals surface area contributed by atoms with Gasteiger partial charge in [-0.3, -0.25) is 14.5 Å². The minimum atomic E-state index is -0.979. The standard InChI is InChI=1S/C25H21N3O5/c1-3-32-18-11-10-15(13-14(18)2)22(29)20-21(19-9-6-12-33-19)28(24(31)23(20)30)25-26-16-7-4-5-8-17(16)27-25/h4-13,21,29H,3H2,1-2H3,(H,26,27)/b22-20+. The Hall–Kier alpha value is -4.33. The molecule has 4 aromatic rings. The van der Waals surface area contributed by atoms with Gasteiger partial charge in [0, 0.05) is 5.56 Å². The topological polar surface area (TPSA) is 109 Å². The van der Waals surface area contributed by atoms with Gasteiger partial charge in [0.05, 0.1) is 29.5 Å². The molecule has 0 aliphatic carbocycles. The van der Waals surface area contributed by atoms with Gasteiger partial charge in [0.1, 0.15) is 23.3 Å². The first-order chi connectivity index (χ1) is 16.0. The molecule has 8 nitrogen and oxygen atoms in total. The van der Waals surface area contributed by atoms with Crippen LogP contribution in [0.25, 0.3) is 16.8 Å². The van der Waals surface area contributed by atoms with Crippen molar-refractivity contribution < 1.29 is 23.8 Å². The van der Waals surface area contributed by atoms with Crippen molar-refractivity contribution in [3.8, 4) is 5.75 Å². The van der Waals surface area contributed by atoms with E-state index in [1.165, 1.54) is 11.2 Å². The minimum Gasteiger partial charge on any atom is -0.507 e. The first-order valence-electron chi connectivity index (χ1n) is 10.5. The van der Waals surface area contributed by atoms with Crippen LogP contribution in [0, 0.1) is 6.92 Å². The van der Waals surface area contributed by atoms with E-state index < -0.39 is 17.7 Å². The molecule has 166 valence electrons. The van der Waals surface area contributed by atoms with E-state index in [2.05, 4.69) is 9.97 Å². The van der Waals surface area contributed by atoms with Gasteiger partial charge in [-0.15, -0.1) is 0 Å². The summed E-state index contributed by atoms with van der Waals surface area (Å²) in [5, 5.41) is 11.2. The molecule has 3 heterocycles. The molecular formula is C25H21N3O5. The van der Waals surface area contributed by atoms with Gasteiger partial charge in [-0.2, -0.15) is 0 Å². The van der Waals surface area contributed by atoms with Gasteiger partial charge >= 0.3 is 5.91 Å². The van der Waals surface area contributed by atoms with Crippen LogP contribution in [0.15, 0.2) is 70.9 Å². The second kappa shape index (κ2) is 7.98. The predicted molar refractivity (Wildman–Crippen MR) is 122 cm³/mol. The number of fused-ring (bicyclic) bond motifs is 1. The number of ether oxygens (including phenoxy) is 1. The van der Waals surface area contributed by atoms with Crippen LogP contribution in [-0.2, 0) is 9.59 Å². The van der Waals surface area contributed by atoms with Crippen LogP contribution < -0.4 is 9.64 Å². The van der Waals surface area contributed by atoms with Crippen LogP contribution in [0.4, 0.5) is 5.95 Å². The molecule has 0 spiro atoms. The first-order valence-corrected chi connectivity index (χ1v) is 10.5. The van der Waals surface area contributed by atoms with Crippen LogP contribution in [-0.4, -0.2) is 33.4 Å². The highest BCUT2D eigenvalue weighted by Gasteiger charge is 2.49. The van der Waals surface area contributed by atoms with E-state index in [-0.39, 0.29) is 17.3 Å². The number of amides is 1. The van der Waals surface area contributed by atoms with E-state index in [4.69, 9.17) is 9.15 Å². The Morgan fingerprint density at radius 2 is 2.00 bits per heavy atom. The maximum Gasteiger partial charge on any atom is 0.302 e. The van der Waals surface area contributed by atoms with Crippen molar-refractivity contribution in [2.75, 3.05) is 11.5 Å². The maximum atomic E-state index is 13.2. The highest BCUT2D eigenvalue weighted by molar-refractivity contribution is 6.51. The SMILES string of the molecule is CCOc1ccc(/C(O)=C2\C(=O)C(=O)N(c3nc4ccccc4[nH]3)C2c2ccco2)cc1C. The van der Waals surface area contributed by atoms with Crippen LogP contribution in [0.2, 0.25) is 0 Å². The number of aryl methyl sites for hydroxylation is 1. The number of Topliss-reactive ketones (excluding diaryl/α,β-unsaturated/α-hetero) is 1. The number of rotatable bonds is 5. The lowest BCUT2D eigenvalue weighted by atomic mass is 9.98. The number of ketones is 1. The number of aromatic amines is 1. The highest BCUT2D eigenvalue weighted by atomic mass is 16.5. The van der Waals surface area contributed by atoms with E-state index in [1.54, 1.807) is 36.4 Å². The van der Waals surface area contributed by atoms with Gasteiger partial charge in [0.2, 0.25) is 5.95 Å². The molecule has 2 N–H and O–H groups in total. The zero-order chi connectivity index (χ0) is 23.1. The molecule has 1 fully saturated rings. The Kier molecular flexibility index (Phi) is 4.97. The fraction of sp³-hybridized carbons (Fsp3) is 0.160. The van der Waals surface area contributed by atoms with Crippen molar-refractivity contribution in [3.05, 3.63) is 83.3 Å². The third-order valence-electron chi connectivity index (χ3n) is 5.61. The molecule has 1 aliphatic rings. The van der Waals surface area contributed by atoms with E-state index in [9.17, 15) is 14.7 Å². The number of aliphatic hydroxyl groups excluding tert-OH is 1. The second-order valence-electron chi connectivity index (χ2n) is 7.68. The molecule has 1 saturated heterocycles. The van der Waals surface area contributed by atoms with Gasteiger partial charge < -0.3 is 19.2 Å². The maximum absolute atomic E-state index is 13.2. The molecule has 8 heteroatoms. The van der Waals surface area contributed by atoms with Gasteiger partial charge in [-0.05, 0) is 61.9 Å². The summed E-state index contributed by atoms with van der Waals surface area (Å²) in [6.45, 7) is 4.24. The summed E-state index contributed by atoms with van der Waals surface area (Å²) in [6, 6.07) is 14.7. The molecule has 0 bridgehead atoms. The van der Waals surface area contributed by atoms with Crippen molar-refractivity contribution in [1.29, 1.82) is 0 Å². The van der Waals surface area contributed by atoms with Gasteiger partial charge in [-0.1, -0.05) is 12.1 Å². The quantitative estimate of drug-likeness (QED) is 0.267. The Balaban J connectivity index is 1.67. The van der Waals surface area contributed by atoms with E-state index in [0.29, 0.717) is 29.2 Å². The van der Waals surface area contributed by atoms with E-state index in [1.807, 2.05) is 32.0 Å². The molecule has 1 atom stereocenters. The normalized spacial score (nSPS) is 17.8. The fourth-order valence-electron chi connectivity index (χ4n) is 4.09. The number of aliphatic hydroxyl groups is 1. The number of nitrogens with one attached hydrogen (secondary N) is 1. The summed E-state index contributed by atoms with van der Waals surface area (Å²) in [4.78, 5) is 35.1. The van der Waals surface area contributed by atoms with Crippen LogP contribution in [0.1, 0.15) is 29.9 Å². The Morgan fingerprint density at radius 1 is 1.18 bits per heavy atom. The smallest absolute Gasteiger partial charge is 0.302 e. The number of hydrogen-bond acceptors (Lipinski definition) is 6. The molecule has 1 aliphatic heterocycles. The monoisotopic (exact) mass is 443 g/mol.